The van der Waals surface area contributed by atoms with E-state index in [-0.39, 0.29) is 5.92 Å². The van der Waals surface area contributed by atoms with Crippen LogP contribution >= 0.6 is 11.6 Å². The number of hydrogen-bond acceptors (Lipinski definition) is 1. The van der Waals surface area contributed by atoms with Gasteiger partial charge in [-0.15, -0.1) is 0 Å². The predicted molar refractivity (Wildman–Crippen MR) is 115 cm³/mol. The molecule has 2 atom stereocenters. The van der Waals surface area contributed by atoms with E-state index in [1.54, 1.807) is 31.2 Å². The maximum Gasteiger partial charge on any atom is 0.471 e. The molecule has 0 aromatic heterocycles. The largest absolute Gasteiger partial charge is 0.471 e. The maximum atomic E-state index is 12.7. The molecule has 3 aromatic rings. The van der Waals surface area contributed by atoms with Crippen LogP contribution in [0.15, 0.2) is 72.8 Å². The molecule has 6 heteroatoms. The molecule has 2 nitrogen and oxygen atoms in total. The minimum atomic E-state index is -4.92. The van der Waals surface area contributed by atoms with Crippen molar-refractivity contribution in [2.24, 2.45) is 0 Å². The summed E-state index contributed by atoms with van der Waals surface area (Å²) >= 11 is 5.94. The molecule has 0 fully saturated rings. The van der Waals surface area contributed by atoms with Crippen molar-refractivity contribution in [2.45, 2.75) is 31.5 Å². The molecule has 0 saturated carbocycles. The SMILES string of the molecule is CC(NC(=O)C(F)(F)F)C(C/C=C/c1ccc2ccccc2c1)c1ccc(Cl)cc1. The zero-order valence-corrected chi connectivity index (χ0v) is 17.0. The van der Waals surface area contributed by atoms with Crippen molar-refractivity contribution in [1.82, 2.24) is 5.32 Å². The standard InChI is InChI=1S/C24H21ClF3NO/c1-16(29-23(30)24(26,27)28)22(19-11-13-21(25)14-12-19)8-4-5-17-9-10-18-6-2-3-7-20(18)15-17/h2-7,9-16,22H,8H2,1H3,(H,29,30)/b5-4+. The normalized spacial score (nSPS) is 14.0. The van der Waals surface area contributed by atoms with E-state index in [1.165, 1.54) is 0 Å². The van der Waals surface area contributed by atoms with E-state index in [2.05, 4.69) is 11.4 Å². The number of carbonyl (C=O) groups excluding carboxylic acids is 1. The first-order chi connectivity index (χ1) is 14.2. The van der Waals surface area contributed by atoms with Crippen molar-refractivity contribution < 1.29 is 18.0 Å². The number of allylic oxidation sites excluding steroid dienone is 1. The van der Waals surface area contributed by atoms with Crippen LogP contribution in [0.3, 0.4) is 0 Å². The fourth-order valence-corrected chi connectivity index (χ4v) is 3.52. The molecule has 0 spiro atoms. The van der Waals surface area contributed by atoms with Crippen LogP contribution in [0.4, 0.5) is 13.2 Å². The highest BCUT2D eigenvalue weighted by Gasteiger charge is 2.40. The van der Waals surface area contributed by atoms with E-state index in [0.717, 1.165) is 21.9 Å². The topological polar surface area (TPSA) is 29.1 Å². The first kappa shape index (κ1) is 21.9. The number of amides is 1. The summed E-state index contributed by atoms with van der Waals surface area (Å²) in [5.74, 6) is -2.28. The van der Waals surface area contributed by atoms with Crippen LogP contribution in [-0.4, -0.2) is 18.1 Å². The van der Waals surface area contributed by atoms with E-state index in [9.17, 15) is 18.0 Å². The minimum Gasteiger partial charge on any atom is -0.345 e. The van der Waals surface area contributed by atoms with Crippen LogP contribution in [0, 0.1) is 0 Å². The second kappa shape index (κ2) is 9.35. The van der Waals surface area contributed by atoms with Crippen LogP contribution < -0.4 is 5.32 Å². The van der Waals surface area contributed by atoms with Crippen molar-refractivity contribution in [1.29, 1.82) is 0 Å². The Morgan fingerprint density at radius 2 is 1.70 bits per heavy atom. The lowest BCUT2D eigenvalue weighted by Crippen LogP contribution is -2.44. The molecule has 2 unspecified atom stereocenters. The summed E-state index contributed by atoms with van der Waals surface area (Å²) in [4.78, 5) is 11.4. The summed E-state index contributed by atoms with van der Waals surface area (Å²) in [6.45, 7) is 1.58. The monoisotopic (exact) mass is 431 g/mol. The molecule has 30 heavy (non-hydrogen) atoms. The lowest BCUT2D eigenvalue weighted by Gasteiger charge is -2.25. The third kappa shape index (κ3) is 5.63. The number of halogens is 4. The molecule has 0 aliphatic heterocycles. The summed E-state index contributed by atoms with van der Waals surface area (Å²) in [7, 11) is 0. The van der Waals surface area contributed by atoms with Crippen LogP contribution in [0.2, 0.25) is 5.02 Å². The Balaban J connectivity index is 1.79. The Labute approximate surface area is 178 Å². The van der Waals surface area contributed by atoms with Crippen molar-refractivity contribution in [3.05, 3.63) is 89.0 Å². The fourth-order valence-electron chi connectivity index (χ4n) is 3.39. The molecule has 0 bridgehead atoms. The zero-order valence-electron chi connectivity index (χ0n) is 16.3. The lowest BCUT2D eigenvalue weighted by molar-refractivity contribution is -0.174. The number of carbonyl (C=O) groups is 1. The summed E-state index contributed by atoms with van der Waals surface area (Å²) < 4.78 is 38.1. The van der Waals surface area contributed by atoms with Crippen molar-refractivity contribution in [3.8, 4) is 0 Å². The lowest BCUT2D eigenvalue weighted by atomic mass is 9.89. The molecule has 3 rings (SSSR count). The Kier molecular flexibility index (Phi) is 6.83. The quantitative estimate of drug-likeness (QED) is 0.459. The number of alkyl halides is 3. The Morgan fingerprint density at radius 1 is 1.03 bits per heavy atom. The van der Waals surface area contributed by atoms with E-state index in [0.29, 0.717) is 11.4 Å². The van der Waals surface area contributed by atoms with Crippen LogP contribution in [-0.2, 0) is 4.79 Å². The average molecular weight is 432 g/mol. The summed E-state index contributed by atoms with van der Waals surface area (Å²) in [6.07, 6.45) is -0.610. The summed E-state index contributed by atoms with van der Waals surface area (Å²) in [6, 6.07) is 20.3. The Morgan fingerprint density at radius 3 is 2.37 bits per heavy atom. The average Bonchev–Trinajstić information content (AvgIpc) is 2.71. The Hall–Kier alpha value is -2.79. The van der Waals surface area contributed by atoms with Gasteiger partial charge in [-0.2, -0.15) is 13.2 Å². The van der Waals surface area contributed by atoms with Crippen molar-refractivity contribution >= 4 is 34.4 Å². The van der Waals surface area contributed by atoms with Gasteiger partial charge in [0.1, 0.15) is 0 Å². The van der Waals surface area contributed by atoms with Gasteiger partial charge in [0, 0.05) is 17.0 Å². The molecule has 0 aliphatic rings. The second-order valence-corrected chi connectivity index (χ2v) is 7.60. The van der Waals surface area contributed by atoms with Gasteiger partial charge >= 0.3 is 12.1 Å². The molecule has 1 N–H and O–H groups in total. The third-order valence-corrected chi connectivity index (χ3v) is 5.24. The smallest absolute Gasteiger partial charge is 0.345 e. The highest BCUT2D eigenvalue weighted by Crippen LogP contribution is 2.27. The van der Waals surface area contributed by atoms with Gasteiger partial charge in [-0.3, -0.25) is 4.79 Å². The summed E-state index contributed by atoms with van der Waals surface area (Å²) in [5.41, 5.74) is 1.80. The first-order valence-corrected chi connectivity index (χ1v) is 9.90. The summed E-state index contributed by atoms with van der Waals surface area (Å²) in [5, 5.41) is 4.86. The molecule has 156 valence electrons. The van der Waals surface area contributed by atoms with E-state index in [1.807, 2.05) is 48.6 Å². The second-order valence-electron chi connectivity index (χ2n) is 7.16. The predicted octanol–water partition coefficient (Wildman–Crippen LogP) is 6.75. The molecule has 1 amide bonds. The number of fused-ring (bicyclic) bond motifs is 1. The van der Waals surface area contributed by atoms with Crippen LogP contribution in [0.1, 0.15) is 30.4 Å². The molecule has 0 saturated heterocycles. The fraction of sp³-hybridized carbons (Fsp3) is 0.208. The number of benzene rings is 3. The molecule has 3 aromatic carbocycles. The van der Waals surface area contributed by atoms with E-state index >= 15 is 0 Å². The van der Waals surface area contributed by atoms with Gasteiger partial charge in [0.2, 0.25) is 0 Å². The minimum absolute atomic E-state index is 0.342. The van der Waals surface area contributed by atoms with E-state index in [4.69, 9.17) is 11.6 Å². The molecule has 0 aliphatic carbocycles. The van der Waals surface area contributed by atoms with Crippen molar-refractivity contribution in [3.63, 3.8) is 0 Å². The number of nitrogens with one attached hydrogen (secondary N) is 1. The Bertz CT molecular complexity index is 1040. The number of hydrogen-bond donors (Lipinski definition) is 1. The van der Waals surface area contributed by atoms with Crippen LogP contribution in [0.5, 0.6) is 0 Å². The third-order valence-electron chi connectivity index (χ3n) is 4.99. The molecular weight excluding hydrogens is 411 g/mol. The van der Waals surface area contributed by atoms with Gasteiger partial charge in [-0.25, -0.2) is 0 Å². The first-order valence-electron chi connectivity index (χ1n) is 9.52. The van der Waals surface area contributed by atoms with Gasteiger partial charge < -0.3 is 5.32 Å². The van der Waals surface area contributed by atoms with Crippen LogP contribution in [0.25, 0.3) is 16.8 Å². The maximum absolute atomic E-state index is 12.7. The van der Waals surface area contributed by atoms with E-state index < -0.39 is 18.1 Å². The van der Waals surface area contributed by atoms with Gasteiger partial charge in [0.15, 0.2) is 0 Å². The highest BCUT2D eigenvalue weighted by atomic mass is 35.5. The highest BCUT2D eigenvalue weighted by molar-refractivity contribution is 6.30. The van der Waals surface area contributed by atoms with Gasteiger partial charge in [-0.05, 0) is 53.4 Å². The van der Waals surface area contributed by atoms with Crippen molar-refractivity contribution in [2.75, 3.05) is 0 Å². The zero-order chi connectivity index (χ0) is 21.7. The molecule has 0 heterocycles. The van der Waals surface area contributed by atoms with Gasteiger partial charge in [0.25, 0.3) is 0 Å². The van der Waals surface area contributed by atoms with Gasteiger partial charge in [0.05, 0.1) is 0 Å². The molecule has 0 radical (unpaired) electrons. The molecular formula is C24H21ClF3NO. The number of rotatable bonds is 6. The van der Waals surface area contributed by atoms with Gasteiger partial charge in [-0.1, -0.05) is 72.3 Å².